The third-order valence-electron chi connectivity index (χ3n) is 4.56. The van der Waals surface area contributed by atoms with Gasteiger partial charge in [-0.05, 0) is 38.6 Å². The van der Waals surface area contributed by atoms with Crippen LogP contribution in [0.4, 0.5) is 0 Å². The number of carbonyl (C=O) groups is 1. The Kier molecular flexibility index (Phi) is 6.93. The summed E-state index contributed by atoms with van der Waals surface area (Å²) in [5.41, 5.74) is 0. The Morgan fingerprint density at radius 2 is 2.10 bits per heavy atom. The third kappa shape index (κ3) is 5.57. The minimum atomic E-state index is 0.263. The van der Waals surface area contributed by atoms with Gasteiger partial charge in [-0.2, -0.15) is 0 Å². The number of hydrogen-bond donors (Lipinski definition) is 1. The average molecular weight is 297 g/mol. The van der Waals surface area contributed by atoms with E-state index in [0.29, 0.717) is 12.6 Å². The minimum absolute atomic E-state index is 0.263. The van der Waals surface area contributed by atoms with Crippen molar-refractivity contribution in [3.05, 3.63) is 0 Å². The zero-order valence-electron chi connectivity index (χ0n) is 13.6. The molecule has 0 aromatic carbocycles. The van der Waals surface area contributed by atoms with E-state index in [1.54, 1.807) is 0 Å². The van der Waals surface area contributed by atoms with Crippen LogP contribution in [0.15, 0.2) is 0 Å². The van der Waals surface area contributed by atoms with Crippen LogP contribution in [0.3, 0.4) is 0 Å². The summed E-state index contributed by atoms with van der Waals surface area (Å²) < 4.78 is 5.45. The van der Waals surface area contributed by atoms with Crippen LogP contribution < -0.4 is 5.32 Å². The van der Waals surface area contributed by atoms with E-state index in [4.69, 9.17) is 4.74 Å². The van der Waals surface area contributed by atoms with Crippen molar-refractivity contribution in [3.8, 4) is 0 Å². The first-order valence-corrected chi connectivity index (χ1v) is 8.54. The number of piperazine rings is 1. The smallest absolute Gasteiger partial charge is 0.236 e. The molecule has 1 unspecified atom stereocenters. The third-order valence-corrected chi connectivity index (χ3v) is 4.56. The first kappa shape index (κ1) is 16.7. The normalized spacial score (nSPS) is 23.5. The molecule has 0 radical (unpaired) electrons. The number of rotatable bonds is 9. The Morgan fingerprint density at radius 1 is 1.29 bits per heavy atom. The highest BCUT2D eigenvalue weighted by molar-refractivity contribution is 5.78. The Labute approximate surface area is 129 Å². The standard InChI is InChI=1S/C16H31N3O2/c1-3-15-13-19(8-7-18(15)9-10-21-4-2)16(20)12-17-11-14-5-6-14/h14-15,17H,3-13H2,1-2H3. The summed E-state index contributed by atoms with van der Waals surface area (Å²) in [7, 11) is 0. The fourth-order valence-electron chi connectivity index (χ4n) is 2.94. The lowest BCUT2D eigenvalue weighted by Gasteiger charge is -2.41. The fraction of sp³-hybridized carbons (Fsp3) is 0.938. The first-order valence-electron chi connectivity index (χ1n) is 8.54. The molecule has 122 valence electrons. The van der Waals surface area contributed by atoms with Crippen LogP contribution in [0.25, 0.3) is 0 Å². The van der Waals surface area contributed by atoms with Gasteiger partial charge in [0.25, 0.3) is 0 Å². The van der Waals surface area contributed by atoms with Gasteiger partial charge in [-0.3, -0.25) is 9.69 Å². The van der Waals surface area contributed by atoms with Gasteiger partial charge in [0, 0.05) is 38.8 Å². The van der Waals surface area contributed by atoms with E-state index in [9.17, 15) is 4.79 Å². The minimum Gasteiger partial charge on any atom is -0.380 e. The molecule has 2 aliphatic rings. The molecular weight excluding hydrogens is 266 g/mol. The van der Waals surface area contributed by atoms with E-state index in [0.717, 1.165) is 58.3 Å². The number of carbonyl (C=O) groups excluding carboxylic acids is 1. The van der Waals surface area contributed by atoms with Gasteiger partial charge in [0.2, 0.25) is 5.91 Å². The summed E-state index contributed by atoms with van der Waals surface area (Å²) in [6.07, 6.45) is 3.75. The summed E-state index contributed by atoms with van der Waals surface area (Å²) in [4.78, 5) is 16.8. The van der Waals surface area contributed by atoms with Crippen LogP contribution >= 0.6 is 0 Å². The molecular formula is C16H31N3O2. The van der Waals surface area contributed by atoms with Crippen LogP contribution in [0.1, 0.15) is 33.1 Å². The van der Waals surface area contributed by atoms with Crippen molar-refractivity contribution in [1.82, 2.24) is 15.1 Å². The number of ether oxygens (including phenoxy) is 1. The molecule has 0 aromatic heterocycles. The van der Waals surface area contributed by atoms with Crippen molar-refractivity contribution < 1.29 is 9.53 Å². The Hall–Kier alpha value is -0.650. The van der Waals surface area contributed by atoms with Gasteiger partial charge < -0.3 is 15.0 Å². The summed E-state index contributed by atoms with van der Waals surface area (Å²) in [6, 6.07) is 0.478. The van der Waals surface area contributed by atoms with Crippen molar-refractivity contribution in [3.63, 3.8) is 0 Å². The molecule has 0 bridgehead atoms. The van der Waals surface area contributed by atoms with Crippen LogP contribution in [0.5, 0.6) is 0 Å². The highest BCUT2D eigenvalue weighted by atomic mass is 16.5. The average Bonchev–Trinajstić information content (AvgIpc) is 3.31. The summed E-state index contributed by atoms with van der Waals surface area (Å²) in [5.74, 6) is 1.09. The lowest BCUT2D eigenvalue weighted by atomic mass is 10.1. The zero-order valence-corrected chi connectivity index (χ0v) is 13.6. The van der Waals surface area contributed by atoms with Gasteiger partial charge >= 0.3 is 0 Å². The summed E-state index contributed by atoms with van der Waals surface area (Å²) >= 11 is 0. The number of nitrogens with zero attached hydrogens (tertiary/aromatic N) is 2. The fourth-order valence-corrected chi connectivity index (χ4v) is 2.94. The van der Waals surface area contributed by atoms with Crippen molar-refractivity contribution in [2.45, 2.75) is 39.2 Å². The molecule has 1 N–H and O–H groups in total. The second kappa shape index (κ2) is 8.71. The van der Waals surface area contributed by atoms with E-state index >= 15 is 0 Å². The quantitative estimate of drug-likeness (QED) is 0.644. The maximum absolute atomic E-state index is 12.2. The second-order valence-corrected chi connectivity index (χ2v) is 6.21. The van der Waals surface area contributed by atoms with Crippen LogP contribution in [0, 0.1) is 5.92 Å². The van der Waals surface area contributed by atoms with Gasteiger partial charge in [0.15, 0.2) is 0 Å². The van der Waals surface area contributed by atoms with Crippen molar-refractivity contribution >= 4 is 5.91 Å². The molecule has 21 heavy (non-hydrogen) atoms. The number of hydrogen-bond acceptors (Lipinski definition) is 4. The summed E-state index contributed by atoms with van der Waals surface area (Å²) in [5, 5.41) is 3.31. The molecule has 1 atom stereocenters. The van der Waals surface area contributed by atoms with Gasteiger partial charge in [0.1, 0.15) is 0 Å². The summed E-state index contributed by atoms with van der Waals surface area (Å²) in [6.45, 7) is 11.0. The molecule has 2 rings (SSSR count). The molecule has 1 aliphatic heterocycles. The van der Waals surface area contributed by atoms with Gasteiger partial charge in [-0.25, -0.2) is 0 Å². The first-order chi connectivity index (χ1) is 10.2. The Morgan fingerprint density at radius 3 is 2.76 bits per heavy atom. The largest absolute Gasteiger partial charge is 0.380 e. The van der Waals surface area contributed by atoms with Gasteiger partial charge in [0.05, 0.1) is 13.2 Å². The van der Waals surface area contributed by atoms with Gasteiger partial charge in [-0.15, -0.1) is 0 Å². The molecule has 1 saturated heterocycles. The van der Waals surface area contributed by atoms with Gasteiger partial charge in [-0.1, -0.05) is 6.92 Å². The maximum atomic E-state index is 12.2. The molecule has 0 aromatic rings. The van der Waals surface area contributed by atoms with E-state index in [1.807, 2.05) is 11.8 Å². The molecule has 5 nitrogen and oxygen atoms in total. The molecule has 0 spiro atoms. The predicted octanol–water partition coefficient (Wildman–Crippen LogP) is 0.945. The molecule has 1 heterocycles. The maximum Gasteiger partial charge on any atom is 0.236 e. The monoisotopic (exact) mass is 297 g/mol. The SMILES string of the molecule is CCOCCN1CCN(C(=O)CNCC2CC2)CC1CC. The zero-order chi connectivity index (χ0) is 15.1. The molecule has 1 aliphatic carbocycles. The van der Waals surface area contributed by atoms with E-state index in [2.05, 4.69) is 17.1 Å². The molecule has 1 amide bonds. The number of amides is 1. The highest BCUT2D eigenvalue weighted by Gasteiger charge is 2.28. The molecule has 5 heteroatoms. The second-order valence-electron chi connectivity index (χ2n) is 6.21. The van der Waals surface area contributed by atoms with Crippen molar-refractivity contribution in [2.75, 3.05) is 52.5 Å². The lowest BCUT2D eigenvalue weighted by molar-refractivity contribution is -0.133. The van der Waals surface area contributed by atoms with Crippen LogP contribution in [-0.2, 0) is 9.53 Å². The van der Waals surface area contributed by atoms with E-state index < -0.39 is 0 Å². The van der Waals surface area contributed by atoms with Crippen LogP contribution in [0.2, 0.25) is 0 Å². The highest BCUT2D eigenvalue weighted by Crippen LogP contribution is 2.27. The molecule has 1 saturated carbocycles. The molecule has 2 fully saturated rings. The lowest BCUT2D eigenvalue weighted by Crippen LogP contribution is -2.56. The Balaban J connectivity index is 1.69. The van der Waals surface area contributed by atoms with Crippen LogP contribution in [-0.4, -0.2) is 74.2 Å². The topological polar surface area (TPSA) is 44.8 Å². The van der Waals surface area contributed by atoms with E-state index in [-0.39, 0.29) is 5.91 Å². The van der Waals surface area contributed by atoms with E-state index in [1.165, 1.54) is 12.8 Å². The predicted molar refractivity (Wildman–Crippen MR) is 84.3 cm³/mol. The van der Waals surface area contributed by atoms with Crippen molar-refractivity contribution in [1.29, 1.82) is 0 Å². The number of nitrogens with one attached hydrogen (secondary N) is 1. The Bertz CT molecular complexity index is 321. The van der Waals surface area contributed by atoms with Crippen molar-refractivity contribution in [2.24, 2.45) is 5.92 Å².